The number of pyridine rings is 1. The van der Waals surface area contributed by atoms with Gasteiger partial charge in [-0.05, 0) is 30.5 Å². The van der Waals surface area contributed by atoms with Crippen LogP contribution in [0, 0.1) is 0 Å². The van der Waals surface area contributed by atoms with Crippen LogP contribution in [0.25, 0.3) is 0 Å². The van der Waals surface area contributed by atoms with E-state index in [1.54, 1.807) is 0 Å². The van der Waals surface area contributed by atoms with Crippen molar-refractivity contribution in [3.05, 3.63) is 60.3 Å². The predicted octanol–water partition coefficient (Wildman–Crippen LogP) is 2.16. The summed E-state index contributed by atoms with van der Waals surface area (Å²) in [4.78, 5) is 25.1. The number of hydrogen-bond acceptors (Lipinski definition) is 5. The van der Waals surface area contributed by atoms with E-state index in [0.717, 1.165) is 63.5 Å². The number of nitrogens with zero attached hydrogens (tertiary/aromatic N) is 4. The fourth-order valence-corrected chi connectivity index (χ4v) is 5.11. The van der Waals surface area contributed by atoms with Gasteiger partial charge in [0.25, 0.3) is 0 Å². The number of rotatable bonds is 4. The van der Waals surface area contributed by atoms with Crippen LogP contribution in [-0.2, 0) is 14.9 Å². The summed E-state index contributed by atoms with van der Waals surface area (Å²) < 4.78 is 5.60. The SMILES string of the molecule is O=C(N1CC(N2CCN(c3ccccn3)CC2)C1)C1(c2ccccc2)CCOCC1. The second-order valence-electron chi connectivity index (χ2n) is 8.64. The lowest BCUT2D eigenvalue weighted by molar-refractivity contribution is -0.149. The minimum absolute atomic E-state index is 0.292. The van der Waals surface area contributed by atoms with Crippen LogP contribution in [0.4, 0.5) is 5.82 Å². The summed E-state index contributed by atoms with van der Waals surface area (Å²) in [5.41, 5.74) is 0.730. The van der Waals surface area contributed by atoms with Crippen molar-refractivity contribution in [3.63, 3.8) is 0 Å². The van der Waals surface area contributed by atoms with E-state index in [1.165, 1.54) is 0 Å². The first-order chi connectivity index (χ1) is 14.8. The molecule has 3 saturated heterocycles. The highest BCUT2D eigenvalue weighted by Gasteiger charge is 2.47. The lowest BCUT2D eigenvalue weighted by Crippen LogP contribution is -2.67. The molecule has 0 N–H and O–H groups in total. The third-order valence-electron chi connectivity index (χ3n) is 7.04. The highest BCUT2D eigenvalue weighted by molar-refractivity contribution is 5.89. The second kappa shape index (κ2) is 8.36. The van der Waals surface area contributed by atoms with Gasteiger partial charge in [0.15, 0.2) is 0 Å². The maximum atomic E-state index is 13.6. The molecule has 0 spiro atoms. The smallest absolute Gasteiger partial charge is 0.233 e. The number of anilines is 1. The Morgan fingerprint density at radius 1 is 0.933 bits per heavy atom. The quantitative estimate of drug-likeness (QED) is 0.779. The Morgan fingerprint density at radius 2 is 1.63 bits per heavy atom. The van der Waals surface area contributed by atoms with Gasteiger partial charge in [0.1, 0.15) is 5.82 Å². The van der Waals surface area contributed by atoms with Crippen LogP contribution in [0.15, 0.2) is 54.7 Å². The summed E-state index contributed by atoms with van der Waals surface area (Å²) in [6, 6.07) is 16.9. The average Bonchev–Trinajstić information content (AvgIpc) is 2.80. The van der Waals surface area contributed by atoms with Gasteiger partial charge in [0.05, 0.1) is 5.41 Å². The summed E-state index contributed by atoms with van der Waals surface area (Å²) in [6.07, 6.45) is 3.41. The zero-order valence-corrected chi connectivity index (χ0v) is 17.4. The average molecular weight is 407 g/mol. The van der Waals surface area contributed by atoms with E-state index in [4.69, 9.17) is 4.74 Å². The van der Waals surface area contributed by atoms with Gasteiger partial charge in [0.2, 0.25) is 5.91 Å². The van der Waals surface area contributed by atoms with Crippen molar-refractivity contribution >= 4 is 11.7 Å². The number of amides is 1. The van der Waals surface area contributed by atoms with Crippen LogP contribution in [0.3, 0.4) is 0 Å². The van der Waals surface area contributed by atoms with E-state index in [9.17, 15) is 4.79 Å². The van der Waals surface area contributed by atoms with Crippen LogP contribution in [0.1, 0.15) is 18.4 Å². The number of hydrogen-bond donors (Lipinski definition) is 0. The van der Waals surface area contributed by atoms with Gasteiger partial charge in [-0.2, -0.15) is 0 Å². The second-order valence-corrected chi connectivity index (χ2v) is 8.64. The van der Waals surface area contributed by atoms with Crippen LogP contribution in [0.2, 0.25) is 0 Å². The first-order valence-corrected chi connectivity index (χ1v) is 11.1. The summed E-state index contributed by atoms with van der Waals surface area (Å²) in [6.45, 7) is 7.05. The fourth-order valence-electron chi connectivity index (χ4n) is 5.11. The molecule has 6 heteroatoms. The van der Waals surface area contributed by atoms with Crippen LogP contribution in [-0.4, -0.2) is 79.2 Å². The Morgan fingerprint density at radius 3 is 2.30 bits per heavy atom. The van der Waals surface area contributed by atoms with Crippen molar-refractivity contribution < 1.29 is 9.53 Å². The molecule has 3 aliphatic heterocycles. The van der Waals surface area contributed by atoms with Crippen LogP contribution in [0.5, 0.6) is 0 Å². The third kappa shape index (κ3) is 3.59. The highest BCUT2D eigenvalue weighted by Crippen LogP contribution is 2.38. The molecule has 0 radical (unpaired) electrons. The molecule has 6 nitrogen and oxygen atoms in total. The summed E-state index contributed by atoms with van der Waals surface area (Å²) in [5.74, 6) is 1.35. The lowest BCUT2D eigenvalue weighted by Gasteiger charge is -2.51. The number of carbonyl (C=O) groups is 1. The molecular formula is C24H30N4O2. The summed E-state index contributed by atoms with van der Waals surface area (Å²) in [7, 11) is 0. The molecule has 1 aromatic heterocycles. The third-order valence-corrected chi connectivity index (χ3v) is 7.04. The van der Waals surface area contributed by atoms with E-state index in [-0.39, 0.29) is 0 Å². The molecule has 0 bridgehead atoms. The molecule has 5 rings (SSSR count). The van der Waals surface area contributed by atoms with Crippen molar-refractivity contribution in [2.45, 2.75) is 24.3 Å². The summed E-state index contributed by atoms with van der Waals surface area (Å²) in [5, 5.41) is 0. The van der Waals surface area contributed by atoms with E-state index >= 15 is 0 Å². The maximum absolute atomic E-state index is 13.6. The van der Waals surface area contributed by atoms with Crippen molar-refractivity contribution in [1.29, 1.82) is 0 Å². The van der Waals surface area contributed by atoms with Gasteiger partial charge in [0, 0.05) is 64.7 Å². The molecule has 2 aromatic rings. The largest absolute Gasteiger partial charge is 0.381 e. The summed E-state index contributed by atoms with van der Waals surface area (Å²) >= 11 is 0. The van der Waals surface area contributed by atoms with Crippen molar-refractivity contribution in [2.75, 3.05) is 57.4 Å². The molecule has 0 atom stereocenters. The standard InChI is InChI=1S/C24H30N4O2/c29-23(24(9-16-30-17-10-24)20-6-2-1-3-7-20)28-18-21(19-28)26-12-14-27(15-13-26)22-8-4-5-11-25-22/h1-8,11,21H,9-10,12-19H2. The first kappa shape index (κ1) is 19.5. The van der Waals surface area contributed by atoms with Crippen LogP contribution < -0.4 is 4.90 Å². The van der Waals surface area contributed by atoms with Crippen LogP contribution >= 0.6 is 0 Å². The number of benzene rings is 1. The molecular weight excluding hydrogens is 376 g/mol. The number of carbonyl (C=O) groups excluding carboxylic acids is 1. The number of piperazine rings is 1. The molecule has 158 valence electrons. The zero-order chi connectivity index (χ0) is 20.4. The monoisotopic (exact) mass is 406 g/mol. The van der Waals surface area contributed by atoms with Gasteiger partial charge >= 0.3 is 0 Å². The van der Waals surface area contributed by atoms with Gasteiger partial charge in [-0.3, -0.25) is 9.69 Å². The number of likely N-dealkylation sites (tertiary alicyclic amines) is 1. The highest BCUT2D eigenvalue weighted by atomic mass is 16.5. The first-order valence-electron chi connectivity index (χ1n) is 11.1. The molecule has 0 aliphatic carbocycles. The van der Waals surface area contributed by atoms with E-state index < -0.39 is 5.41 Å². The lowest BCUT2D eigenvalue weighted by atomic mass is 9.72. The minimum Gasteiger partial charge on any atom is -0.381 e. The van der Waals surface area contributed by atoms with Crippen molar-refractivity contribution in [3.8, 4) is 0 Å². The maximum Gasteiger partial charge on any atom is 0.233 e. The van der Waals surface area contributed by atoms with Gasteiger partial charge in [-0.25, -0.2) is 4.98 Å². The van der Waals surface area contributed by atoms with Gasteiger partial charge in [-0.15, -0.1) is 0 Å². The van der Waals surface area contributed by atoms with E-state index in [2.05, 4.69) is 37.9 Å². The Labute approximate surface area is 178 Å². The molecule has 3 aliphatic rings. The molecule has 30 heavy (non-hydrogen) atoms. The minimum atomic E-state index is -0.415. The molecule has 4 heterocycles. The molecule has 0 saturated carbocycles. The molecule has 3 fully saturated rings. The molecule has 1 amide bonds. The Kier molecular flexibility index (Phi) is 5.44. The fraction of sp³-hybridized carbons (Fsp3) is 0.500. The molecule has 0 unspecified atom stereocenters. The van der Waals surface area contributed by atoms with Crippen molar-refractivity contribution in [2.24, 2.45) is 0 Å². The van der Waals surface area contributed by atoms with E-state index in [0.29, 0.717) is 25.2 Å². The van der Waals surface area contributed by atoms with Gasteiger partial charge < -0.3 is 14.5 Å². The Balaban J connectivity index is 1.20. The predicted molar refractivity (Wildman–Crippen MR) is 117 cm³/mol. The normalized spacial score (nSPS) is 22.5. The Hall–Kier alpha value is -2.44. The van der Waals surface area contributed by atoms with E-state index in [1.807, 2.05) is 36.5 Å². The van der Waals surface area contributed by atoms with Crippen molar-refractivity contribution in [1.82, 2.24) is 14.8 Å². The Bertz CT molecular complexity index is 840. The zero-order valence-electron chi connectivity index (χ0n) is 17.4. The van der Waals surface area contributed by atoms with Gasteiger partial charge in [-0.1, -0.05) is 36.4 Å². The topological polar surface area (TPSA) is 48.9 Å². The number of aromatic nitrogens is 1. The number of ether oxygens (including phenoxy) is 1. The molecule has 1 aromatic carbocycles.